The number of imidazole rings is 1. The number of alkyl halides is 3. The van der Waals surface area contributed by atoms with E-state index >= 15 is 0 Å². The molecule has 0 bridgehead atoms. The fraction of sp³-hybridized carbons (Fsp3) is 0.500. The van der Waals surface area contributed by atoms with Gasteiger partial charge in [0.05, 0.1) is 17.0 Å². The van der Waals surface area contributed by atoms with E-state index in [0.29, 0.717) is 29.7 Å². The topological polar surface area (TPSA) is 28.7 Å². The minimum Gasteiger partial charge on any atom is -0.342 e. The summed E-state index contributed by atoms with van der Waals surface area (Å²) in [5.74, 6) is -2.83. The molecule has 2 aromatic rings. The van der Waals surface area contributed by atoms with Crippen molar-refractivity contribution in [2.75, 3.05) is 0 Å². The zero-order chi connectivity index (χ0) is 15.2. The SMILES string of the molecule is Fc1cc2nc(C3CCC(C(F)(F)F)CC3)[nH]c2cc1F. The Balaban J connectivity index is 1.79. The van der Waals surface area contributed by atoms with Gasteiger partial charge in [0.1, 0.15) is 5.82 Å². The molecule has 1 aliphatic carbocycles. The third-order valence-electron chi connectivity index (χ3n) is 4.12. The largest absolute Gasteiger partial charge is 0.391 e. The molecule has 2 nitrogen and oxygen atoms in total. The summed E-state index contributed by atoms with van der Waals surface area (Å²) in [5.41, 5.74) is 0.656. The summed E-state index contributed by atoms with van der Waals surface area (Å²) in [6.45, 7) is 0. The van der Waals surface area contributed by atoms with Crippen molar-refractivity contribution in [2.24, 2.45) is 5.92 Å². The molecule has 114 valence electrons. The molecule has 7 heteroatoms. The number of nitrogens with zero attached hydrogens (tertiary/aromatic N) is 1. The molecule has 0 spiro atoms. The Morgan fingerprint density at radius 2 is 1.62 bits per heavy atom. The highest BCUT2D eigenvalue weighted by Gasteiger charge is 2.41. The minimum absolute atomic E-state index is 0.0634. The predicted octanol–water partition coefficient (Wildman–Crippen LogP) is 4.68. The number of halogens is 5. The molecule has 21 heavy (non-hydrogen) atoms. The monoisotopic (exact) mass is 304 g/mol. The number of aromatic nitrogens is 2. The summed E-state index contributed by atoms with van der Waals surface area (Å²) < 4.78 is 64.1. The average Bonchev–Trinajstić information content (AvgIpc) is 2.81. The molecule has 0 atom stereocenters. The Morgan fingerprint density at radius 3 is 2.24 bits per heavy atom. The third-order valence-corrected chi connectivity index (χ3v) is 4.12. The highest BCUT2D eigenvalue weighted by molar-refractivity contribution is 5.75. The first-order valence-corrected chi connectivity index (χ1v) is 6.76. The van der Waals surface area contributed by atoms with Gasteiger partial charge in [-0.2, -0.15) is 13.2 Å². The summed E-state index contributed by atoms with van der Waals surface area (Å²) in [5, 5.41) is 0. The van der Waals surface area contributed by atoms with Crippen LogP contribution in [0.15, 0.2) is 12.1 Å². The van der Waals surface area contributed by atoms with E-state index in [1.807, 2.05) is 0 Å². The maximum atomic E-state index is 13.1. The van der Waals surface area contributed by atoms with Gasteiger partial charge in [-0.3, -0.25) is 0 Å². The number of fused-ring (bicyclic) bond motifs is 1. The van der Waals surface area contributed by atoms with E-state index < -0.39 is 23.7 Å². The van der Waals surface area contributed by atoms with Gasteiger partial charge in [0.25, 0.3) is 0 Å². The van der Waals surface area contributed by atoms with Crippen molar-refractivity contribution >= 4 is 11.0 Å². The molecule has 0 amide bonds. The van der Waals surface area contributed by atoms with Crippen LogP contribution in [0.1, 0.15) is 37.4 Å². The fourth-order valence-electron chi connectivity index (χ4n) is 2.91. The van der Waals surface area contributed by atoms with Crippen LogP contribution in [0.3, 0.4) is 0 Å². The van der Waals surface area contributed by atoms with Gasteiger partial charge in [-0.15, -0.1) is 0 Å². The molecular weight excluding hydrogens is 291 g/mol. The van der Waals surface area contributed by atoms with Gasteiger partial charge in [-0.1, -0.05) is 0 Å². The Morgan fingerprint density at radius 1 is 1.00 bits per heavy atom. The molecular formula is C14H13F5N2. The standard InChI is InChI=1S/C14H13F5N2/c15-9-5-11-12(6-10(9)16)21-13(20-11)7-1-3-8(4-2-7)14(17,18)19/h5-8H,1-4H2,(H,20,21). The lowest BCUT2D eigenvalue weighted by Gasteiger charge is -2.28. The van der Waals surface area contributed by atoms with Crippen molar-refractivity contribution in [1.82, 2.24) is 9.97 Å². The molecule has 1 aromatic heterocycles. The third kappa shape index (κ3) is 2.73. The molecule has 1 heterocycles. The van der Waals surface area contributed by atoms with E-state index in [2.05, 4.69) is 9.97 Å². The average molecular weight is 304 g/mol. The minimum atomic E-state index is -4.15. The molecule has 0 aliphatic heterocycles. The first-order chi connectivity index (χ1) is 9.84. The number of H-pyrrole nitrogens is 1. The van der Waals surface area contributed by atoms with Crippen molar-refractivity contribution in [3.05, 3.63) is 29.6 Å². The summed E-state index contributed by atoms with van der Waals surface area (Å²) in [6.07, 6.45) is -3.28. The molecule has 1 fully saturated rings. The van der Waals surface area contributed by atoms with E-state index in [4.69, 9.17) is 0 Å². The number of hydrogen-bond donors (Lipinski definition) is 1. The van der Waals surface area contributed by atoms with Crippen LogP contribution >= 0.6 is 0 Å². The van der Waals surface area contributed by atoms with Crippen molar-refractivity contribution in [3.63, 3.8) is 0 Å². The Kier molecular flexibility index (Phi) is 3.37. The van der Waals surface area contributed by atoms with E-state index in [0.717, 1.165) is 12.1 Å². The summed E-state index contributed by atoms with van der Waals surface area (Å²) in [6, 6.07) is 2.01. The summed E-state index contributed by atoms with van der Waals surface area (Å²) >= 11 is 0. The normalized spacial score (nSPS) is 23.7. The maximum Gasteiger partial charge on any atom is 0.391 e. The lowest BCUT2D eigenvalue weighted by Crippen LogP contribution is -2.27. The number of aromatic amines is 1. The quantitative estimate of drug-likeness (QED) is 0.762. The van der Waals surface area contributed by atoms with Crippen molar-refractivity contribution < 1.29 is 22.0 Å². The number of hydrogen-bond acceptors (Lipinski definition) is 1. The second-order valence-electron chi connectivity index (χ2n) is 5.50. The van der Waals surface area contributed by atoms with E-state index in [-0.39, 0.29) is 18.8 Å². The molecule has 1 aliphatic rings. The van der Waals surface area contributed by atoms with Crippen molar-refractivity contribution in [2.45, 2.75) is 37.8 Å². The van der Waals surface area contributed by atoms with Crippen LogP contribution in [0.5, 0.6) is 0 Å². The van der Waals surface area contributed by atoms with Gasteiger partial charge in [0, 0.05) is 18.1 Å². The van der Waals surface area contributed by atoms with Crippen LogP contribution in [0.2, 0.25) is 0 Å². The van der Waals surface area contributed by atoms with E-state index in [1.54, 1.807) is 0 Å². The molecule has 0 radical (unpaired) electrons. The summed E-state index contributed by atoms with van der Waals surface area (Å²) in [4.78, 5) is 7.07. The Labute approximate surface area is 117 Å². The molecule has 1 saturated carbocycles. The Hall–Kier alpha value is -1.66. The van der Waals surface area contributed by atoms with Crippen molar-refractivity contribution in [3.8, 4) is 0 Å². The second-order valence-corrected chi connectivity index (χ2v) is 5.50. The van der Waals surface area contributed by atoms with Crippen LogP contribution in [0, 0.1) is 17.6 Å². The lowest BCUT2D eigenvalue weighted by molar-refractivity contribution is -0.182. The van der Waals surface area contributed by atoms with Gasteiger partial charge < -0.3 is 4.98 Å². The molecule has 1 aromatic carbocycles. The van der Waals surface area contributed by atoms with Gasteiger partial charge >= 0.3 is 6.18 Å². The molecule has 0 saturated heterocycles. The van der Waals surface area contributed by atoms with Crippen LogP contribution in [-0.4, -0.2) is 16.1 Å². The predicted molar refractivity (Wildman–Crippen MR) is 66.8 cm³/mol. The van der Waals surface area contributed by atoms with Crippen LogP contribution < -0.4 is 0 Å². The fourth-order valence-corrected chi connectivity index (χ4v) is 2.91. The zero-order valence-corrected chi connectivity index (χ0v) is 11.0. The van der Waals surface area contributed by atoms with Crippen molar-refractivity contribution in [1.29, 1.82) is 0 Å². The first kappa shape index (κ1) is 14.3. The Bertz CT molecular complexity index is 614. The second kappa shape index (κ2) is 4.96. The smallest absolute Gasteiger partial charge is 0.342 e. The molecule has 0 unspecified atom stereocenters. The highest BCUT2D eigenvalue weighted by atomic mass is 19.4. The lowest BCUT2D eigenvalue weighted by atomic mass is 9.81. The number of nitrogens with one attached hydrogen (secondary N) is 1. The van der Waals surface area contributed by atoms with Gasteiger partial charge in [-0.05, 0) is 25.7 Å². The molecule has 3 rings (SSSR count). The highest BCUT2D eigenvalue weighted by Crippen LogP contribution is 2.42. The zero-order valence-electron chi connectivity index (χ0n) is 11.0. The van der Waals surface area contributed by atoms with E-state index in [1.165, 1.54) is 0 Å². The summed E-state index contributed by atoms with van der Waals surface area (Å²) in [7, 11) is 0. The van der Waals surface area contributed by atoms with Gasteiger partial charge in [0.15, 0.2) is 11.6 Å². The number of rotatable bonds is 1. The van der Waals surface area contributed by atoms with Crippen LogP contribution in [-0.2, 0) is 0 Å². The van der Waals surface area contributed by atoms with Crippen LogP contribution in [0.25, 0.3) is 11.0 Å². The molecule has 1 N–H and O–H groups in total. The van der Waals surface area contributed by atoms with Gasteiger partial charge in [0.2, 0.25) is 0 Å². The number of benzene rings is 1. The van der Waals surface area contributed by atoms with E-state index in [9.17, 15) is 22.0 Å². The first-order valence-electron chi connectivity index (χ1n) is 6.76. The maximum absolute atomic E-state index is 13.1. The van der Waals surface area contributed by atoms with Crippen LogP contribution in [0.4, 0.5) is 22.0 Å². The van der Waals surface area contributed by atoms with Gasteiger partial charge in [-0.25, -0.2) is 13.8 Å².